The van der Waals surface area contributed by atoms with E-state index in [1.54, 1.807) is 0 Å². The van der Waals surface area contributed by atoms with E-state index in [4.69, 9.17) is 8.83 Å². The van der Waals surface area contributed by atoms with Crippen molar-refractivity contribution in [1.29, 1.82) is 0 Å². The van der Waals surface area contributed by atoms with Crippen LogP contribution >= 0.6 is 0 Å². The zero-order chi connectivity index (χ0) is 12.8. The van der Waals surface area contributed by atoms with Crippen LogP contribution in [0.15, 0.2) is 33.1 Å². The molecule has 2 aromatic heterocycles. The minimum Gasteiger partial charge on any atom is -0.433 e. The second-order valence-electron chi connectivity index (χ2n) is 4.84. The molecule has 1 atom stereocenters. The van der Waals surface area contributed by atoms with Gasteiger partial charge in [0.25, 0.3) is 11.8 Å². The Balaban J connectivity index is 1.91. The lowest BCUT2D eigenvalue weighted by Gasteiger charge is -2.01. The molecule has 1 aliphatic rings. The zero-order valence-electron chi connectivity index (χ0n) is 10.5. The van der Waals surface area contributed by atoms with E-state index in [0.717, 1.165) is 28.3 Å². The molecule has 0 aliphatic heterocycles. The lowest BCUT2D eigenvalue weighted by Crippen LogP contribution is -2.26. The van der Waals surface area contributed by atoms with Gasteiger partial charge in [-0.1, -0.05) is 25.1 Å². The van der Waals surface area contributed by atoms with Gasteiger partial charge >= 0.3 is 0 Å². The summed E-state index contributed by atoms with van der Waals surface area (Å²) >= 11 is 0. The average Bonchev–Trinajstić information content (AvgIpc) is 3.00. The van der Waals surface area contributed by atoms with E-state index in [1.807, 2.05) is 24.3 Å². The molecule has 0 radical (unpaired) electrons. The molecule has 4 rings (SSSR count). The molecule has 2 heterocycles. The highest BCUT2D eigenvalue weighted by atomic mass is 16.4. The van der Waals surface area contributed by atoms with Crippen LogP contribution in [0.2, 0.25) is 0 Å². The Hall–Kier alpha value is -2.36. The molecule has 1 aromatic carbocycles. The van der Waals surface area contributed by atoms with Gasteiger partial charge in [0.2, 0.25) is 0 Å². The van der Waals surface area contributed by atoms with E-state index < -0.39 is 0 Å². The Bertz CT molecular complexity index is 840. The summed E-state index contributed by atoms with van der Waals surface area (Å²) in [6.45, 7) is 2.16. The van der Waals surface area contributed by atoms with Gasteiger partial charge in [-0.15, -0.1) is 0 Å². The minimum atomic E-state index is 0.435. The molecule has 0 fully saturated rings. The standard InChI is InChI=1S/C15H12N2O2/c1-9-6-7-13-11(8-9)17-15(19-13)14-16-10-4-2-3-5-12(10)18-14/h2-5,7-9H,6H2,1H3. The number of para-hydroxylation sites is 2. The third-order valence-electron chi connectivity index (χ3n) is 3.28. The minimum absolute atomic E-state index is 0.435. The van der Waals surface area contributed by atoms with Crippen LogP contribution in [0, 0.1) is 5.92 Å². The highest BCUT2D eigenvalue weighted by Gasteiger charge is 2.15. The van der Waals surface area contributed by atoms with Gasteiger partial charge < -0.3 is 8.83 Å². The predicted molar refractivity (Wildman–Crippen MR) is 71.5 cm³/mol. The molecule has 4 nitrogen and oxygen atoms in total. The number of nitrogens with zero attached hydrogens (tertiary/aromatic N) is 2. The quantitative estimate of drug-likeness (QED) is 0.665. The molecule has 0 amide bonds. The molecular weight excluding hydrogens is 240 g/mol. The van der Waals surface area contributed by atoms with Crippen molar-refractivity contribution >= 4 is 23.3 Å². The lowest BCUT2D eigenvalue weighted by molar-refractivity contribution is 0.502. The van der Waals surface area contributed by atoms with Crippen LogP contribution in [-0.2, 0) is 0 Å². The van der Waals surface area contributed by atoms with Crippen LogP contribution < -0.4 is 10.8 Å². The number of fused-ring (bicyclic) bond motifs is 2. The van der Waals surface area contributed by atoms with Crippen LogP contribution in [0.3, 0.4) is 0 Å². The average molecular weight is 252 g/mol. The highest BCUT2D eigenvalue weighted by Crippen LogP contribution is 2.21. The van der Waals surface area contributed by atoms with Crippen molar-refractivity contribution in [3.05, 3.63) is 35.0 Å². The van der Waals surface area contributed by atoms with E-state index >= 15 is 0 Å². The summed E-state index contributed by atoms with van der Waals surface area (Å²) in [5.41, 5.74) is 2.38. The number of rotatable bonds is 1. The Morgan fingerprint density at radius 2 is 1.95 bits per heavy atom. The Labute approximate surface area is 109 Å². The number of aromatic nitrogens is 2. The summed E-state index contributed by atoms with van der Waals surface area (Å²) in [5.74, 6) is 1.38. The zero-order valence-corrected chi connectivity index (χ0v) is 10.5. The molecule has 0 bridgehead atoms. The first-order valence-corrected chi connectivity index (χ1v) is 6.34. The Morgan fingerprint density at radius 3 is 2.84 bits per heavy atom. The molecule has 19 heavy (non-hydrogen) atoms. The van der Waals surface area contributed by atoms with E-state index in [-0.39, 0.29) is 0 Å². The van der Waals surface area contributed by atoms with Crippen LogP contribution in [0.5, 0.6) is 0 Å². The molecule has 3 aromatic rings. The first-order chi connectivity index (χ1) is 9.29. The first kappa shape index (κ1) is 10.6. The smallest absolute Gasteiger partial charge is 0.284 e. The Kier molecular flexibility index (Phi) is 2.12. The molecule has 94 valence electrons. The van der Waals surface area contributed by atoms with Gasteiger partial charge in [0.15, 0.2) is 11.0 Å². The molecule has 4 heteroatoms. The van der Waals surface area contributed by atoms with Crippen LogP contribution in [-0.4, -0.2) is 9.97 Å². The molecule has 0 saturated heterocycles. The fourth-order valence-electron chi connectivity index (χ4n) is 2.30. The summed E-state index contributed by atoms with van der Waals surface area (Å²) in [7, 11) is 0. The summed E-state index contributed by atoms with van der Waals surface area (Å²) in [5, 5.41) is 0.885. The van der Waals surface area contributed by atoms with Crippen LogP contribution in [0.1, 0.15) is 13.3 Å². The fourth-order valence-corrected chi connectivity index (χ4v) is 2.30. The third-order valence-corrected chi connectivity index (χ3v) is 3.28. The topological polar surface area (TPSA) is 52.1 Å². The molecule has 0 saturated carbocycles. The van der Waals surface area contributed by atoms with Crippen molar-refractivity contribution in [3.8, 4) is 11.8 Å². The summed E-state index contributed by atoms with van der Waals surface area (Å²) in [6.07, 6.45) is 5.17. The molecule has 1 unspecified atom stereocenters. The summed E-state index contributed by atoms with van der Waals surface area (Å²) in [4.78, 5) is 8.85. The van der Waals surface area contributed by atoms with Gasteiger partial charge in [-0.2, -0.15) is 0 Å². The molecule has 0 N–H and O–H groups in total. The molecule has 1 aliphatic carbocycles. The molecular formula is C15H12N2O2. The van der Waals surface area contributed by atoms with Gasteiger partial charge in [-0.25, -0.2) is 9.97 Å². The lowest BCUT2D eigenvalue weighted by atomic mass is 10.0. The van der Waals surface area contributed by atoms with Crippen LogP contribution in [0.25, 0.3) is 35.0 Å². The largest absolute Gasteiger partial charge is 0.433 e. The van der Waals surface area contributed by atoms with Crippen molar-refractivity contribution in [2.24, 2.45) is 5.92 Å². The maximum absolute atomic E-state index is 5.72. The Morgan fingerprint density at radius 1 is 1.11 bits per heavy atom. The normalized spacial score (nSPS) is 17.8. The van der Waals surface area contributed by atoms with Crippen molar-refractivity contribution < 1.29 is 8.83 Å². The van der Waals surface area contributed by atoms with Crippen molar-refractivity contribution in [2.45, 2.75) is 13.3 Å². The van der Waals surface area contributed by atoms with Gasteiger partial charge in [0, 0.05) is 0 Å². The van der Waals surface area contributed by atoms with Gasteiger partial charge in [0.1, 0.15) is 10.9 Å². The van der Waals surface area contributed by atoms with Crippen molar-refractivity contribution in [3.63, 3.8) is 0 Å². The van der Waals surface area contributed by atoms with E-state index in [2.05, 4.69) is 29.0 Å². The number of hydrogen-bond donors (Lipinski definition) is 0. The third kappa shape index (κ3) is 1.68. The fraction of sp³-hybridized carbons (Fsp3) is 0.200. The van der Waals surface area contributed by atoms with E-state index in [9.17, 15) is 0 Å². The van der Waals surface area contributed by atoms with Gasteiger partial charge in [-0.05, 0) is 30.5 Å². The van der Waals surface area contributed by atoms with Crippen LogP contribution in [0.4, 0.5) is 0 Å². The van der Waals surface area contributed by atoms with Crippen molar-refractivity contribution in [1.82, 2.24) is 9.97 Å². The van der Waals surface area contributed by atoms with Gasteiger partial charge in [0.05, 0.1) is 0 Å². The first-order valence-electron chi connectivity index (χ1n) is 6.34. The summed E-state index contributed by atoms with van der Waals surface area (Å²) in [6, 6.07) is 7.64. The SMILES string of the molecule is CC1C=c2nc(-c3nc4ccccc4o3)oc2=CC1. The monoisotopic (exact) mass is 252 g/mol. The maximum Gasteiger partial charge on any atom is 0.284 e. The second kappa shape index (κ2) is 3.82. The maximum atomic E-state index is 5.72. The summed E-state index contributed by atoms with van der Waals surface area (Å²) < 4.78 is 11.4. The van der Waals surface area contributed by atoms with E-state index in [1.165, 1.54) is 0 Å². The van der Waals surface area contributed by atoms with E-state index in [0.29, 0.717) is 17.7 Å². The number of benzene rings is 1. The predicted octanol–water partition coefficient (Wildman–Crippen LogP) is 2.08. The number of hydrogen-bond acceptors (Lipinski definition) is 4. The number of oxazole rings is 2. The highest BCUT2D eigenvalue weighted by molar-refractivity contribution is 5.74. The van der Waals surface area contributed by atoms with Crippen molar-refractivity contribution in [2.75, 3.05) is 0 Å². The molecule has 0 spiro atoms. The van der Waals surface area contributed by atoms with Gasteiger partial charge in [-0.3, -0.25) is 0 Å². The second-order valence-corrected chi connectivity index (χ2v) is 4.84.